The van der Waals surface area contributed by atoms with E-state index < -0.39 is 0 Å². The zero-order valence-electron chi connectivity index (χ0n) is 19.5. The number of nitrogens with one attached hydrogen (secondary N) is 2. The maximum atomic E-state index is 3.64. The Labute approximate surface area is 180 Å². The van der Waals surface area contributed by atoms with E-state index >= 15 is 0 Å². The van der Waals surface area contributed by atoms with Crippen LogP contribution in [0.3, 0.4) is 0 Å². The molecule has 5 atom stereocenters. The first-order valence-corrected chi connectivity index (χ1v) is 13.0. The smallest absolute Gasteiger partial charge is 0.0153 e. The van der Waals surface area contributed by atoms with Crippen molar-refractivity contribution in [1.29, 1.82) is 0 Å². The molecule has 4 heteroatoms. The number of hydrogen-bond donors (Lipinski definition) is 2. The molecule has 5 unspecified atom stereocenters. The third-order valence-corrected chi connectivity index (χ3v) is 9.46. The molecule has 4 fully saturated rings. The van der Waals surface area contributed by atoms with Crippen LogP contribution in [-0.4, -0.2) is 74.2 Å². The Morgan fingerprint density at radius 1 is 0.724 bits per heavy atom. The van der Waals surface area contributed by atoms with Gasteiger partial charge in [-0.25, -0.2) is 0 Å². The van der Waals surface area contributed by atoms with Gasteiger partial charge in [0.25, 0.3) is 0 Å². The molecule has 0 amide bonds. The molecule has 2 N–H and O–H groups in total. The van der Waals surface area contributed by atoms with Crippen LogP contribution >= 0.6 is 0 Å². The lowest BCUT2D eigenvalue weighted by atomic mass is 9.69. The molecule has 2 saturated carbocycles. The van der Waals surface area contributed by atoms with E-state index in [0.29, 0.717) is 0 Å². The summed E-state index contributed by atoms with van der Waals surface area (Å²) in [6.07, 6.45) is 15.7. The van der Waals surface area contributed by atoms with Crippen molar-refractivity contribution in [3.8, 4) is 0 Å². The van der Waals surface area contributed by atoms with Gasteiger partial charge < -0.3 is 15.5 Å². The van der Waals surface area contributed by atoms with E-state index in [0.717, 1.165) is 41.9 Å². The van der Waals surface area contributed by atoms with Gasteiger partial charge in [0.2, 0.25) is 0 Å². The first-order chi connectivity index (χ1) is 14.2. The van der Waals surface area contributed by atoms with Crippen molar-refractivity contribution in [3.05, 3.63) is 0 Å². The molecule has 0 radical (unpaired) electrons. The minimum Gasteiger partial charge on any atom is -0.317 e. The van der Waals surface area contributed by atoms with Crippen LogP contribution in [0.2, 0.25) is 0 Å². The van der Waals surface area contributed by atoms with Gasteiger partial charge in [-0.3, -0.25) is 4.90 Å². The van der Waals surface area contributed by atoms with E-state index in [4.69, 9.17) is 0 Å². The molecule has 168 valence electrons. The van der Waals surface area contributed by atoms with E-state index in [1.807, 2.05) is 0 Å². The minimum atomic E-state index is 0.772. The van der Waals surface area contributed by atoms with Gasteiger partial charge in [0.1, 0.15) is 0 Å². The van der Waals surface area contributed by atoms with Crippen LogP contribution in [0.5, 0.6) is 0 Å². The molecule has 0 aromatic heterocycles. The van der Waals surface area contributed by atoms with Crippen LogP contribution in [0.15, 0.2) is 0 Å². The predicted molar refractivity (Wildman–Crippen MR) is 123 cm³/mol. The molecule has 0 bridgehead atoms. The topological polar surface area (TPSA) is 30.5 Å². The highest BCUT2D eigenvalue weighted by atomic mass is 15.2. The second kappa shape index (κ2) is 10.4. The highest BCUT2D eigenvalue weighted by Crippen LogP contribution is 2.40. The second-order valence-corrected chi connectivity index (χ2v) is 10.8. The van der Waals surface area contributed by atoms with Gasteiger partial charge in [-0.05, 0) is 122 Å². The van der Waals surface area contributed by atoms with Crippen molar-refractivity contribution >= 4 is 0 Å². The maximum Gasteiger partial charge on any atom is 0.0153 e. The Bertz CT molecular complexity index is 481. The zero-order chi connectivity index (χ0) is 20.2. The quantitative estimate of drug-likeness (QED) is 0.645. The normalized spacial score (nSPS) is 38.4. The van der Waals surface area contributed by atoms with Crippen molar-refractivity contribution in [2.75, 3.05) is 40.3 Å². The summed E-state index contributed by atoms with van der Waals surface area (Å²) in [5, 5.41) is 7.14. The van der Waals surface area contributed by atoms with Crippen molar-refractivity contribution in [1.82, 2.24) is 20.4 Å². The third-order valence-electron chi connectivity index (χ3n) is 9.46. The van der Waals surface area contributed by atoms with E-state index in [-0.39, 0.29) is 0 Å². The average Bonchev–Trinajstić information content (AvgIpc) is 3.24. The van der Waals surface area contributed by atoms with Crippen molar-refractivity contribution in [2.24, 2.45) is 17.8 Å². The van der Waals surface area contributed by atoms with Crippen molar-refractivity contribution < 1.29 is 0 Å². The fraction of sp³-hybridized carbons (Fsp3) is 1.00. The van der Waals surface area contributed by atoms with Gasteiger partial charge in [0.15, 0.2) is 0 Å². The number of nitrogens with zero attached hydrogens (tertiary/aromatic N) is 2. The Kier molecular flexibility index (Phi) is 7.93. The second-order valence-electron chi connectivity index (χ2n) is 10.8. The first kappa shape index (κ1) is 22.0. The third kappa shape index (κ3) is 5.19. The van der Waals surface area contributed by atoms with Gasteiger partial charge in [-0.1, -0.05) is 13.3 Å². The average molecular weight is 405 g/mol. The predicted octanol–water partition coefficient (Wildman–Crippen LogP) is 3.72. The van der Waals surface area contributed by atoms with Crippen LogP contribution in [0.25, 0.3) is 0 Å². The van der Waals surface area contributed by atoms with Gasteiger partial charge in [-0.2, -0.15) is 0 Å². The Morgan fingerprint density at radius 2 is 1.41 bits per heavy atom. The molecule has 4 nitrogen and oxygen atoms in total. The zero-order valence-corrected chi connectivity index (χ0v) is 19.5. The number of hydrogen-bond acceptors (Lipinski definition) is 4. The minimum absolute atomic E-state index is 0.772. The molecule has 0 aromatic rings. The summed E-state index contributed by atoms with van der Waals surface area (Å²) in [7, 11) is 4.33. The lowest BCUT2D eigenvalue weighted by molar-refractivity contribution is -0.000534. The standard InChI is InChI=1S/C25H48N4/c1-4-19-9-15-29(16-10-19)25-18-24(27-3)23(25)8-5-20-11-13-28(14-12-20)22-7-6-21(17-22)26-2/h19-27H,4-18H2,1-3H3. The van der Waals surface area contributed by atoms with Crippen molar-refractivity contribution in [2.45, 2.75) is 102 Å². The molecule has 4 aliphatic rings. The summed E-state index contributed by atoms with van der Waals surface area (Å²) in [6, 6.07) is 3.29. The number of likely N-dealkylation sites (tertiary alicyclic amines) is 2. The molecular weight excluding hydrogens is 356 g/mol. The van der Waals surface area contributed by atoms with Crippen molar-refractivity contribution in [3.63, 3.8) is 0 Å². The summed E-state index contributed by atoms with van der Waals surface area (Å²) < 4.78 is 0. The first-order valence-electron chi connectivity index (χ1n) is 13.0. The van der Waals surface area contributed by atoms with E-state index in [1.54, 1.807) is 0 Å². The molecule has 0 aromatic carbocycles. The molecule has 0 spiro atoms. The molecule has 2 heterocycles. The summed E-state index contributed by atoms with van der Waals surface area (Å²) in [4.78, 5) is 5.69. The highest BCUT2D eigenvalue weighted by molar-refractivity contribution is 5.00. The van der Waals surface area contributed by atoms with Crippen LogP contribution in [0.4, 0.5) is 0 Å². The largest absolute Gasteiger partial charge is 0.317 e. The molecular formula is C25H48N4. The molecule has 4 rings (SSSR count). The highest BCUT2D eigenvalue weighted by Gasteiger charge is 2.43. The maximum absolute atomic E-state index is 3.64. The van der Waals surface area contributed by atoms with E-state index in [2.05, 4.69) is 41.5 Å². The van der Waals surface area contributed by atoms with Gasteiger partial charge in [0.05, 0.1) is 0 Å². The van der Waals surface area contributed by atoms with Crippen LogP contribution in [-0.2, 0) is 0 Å². The fourth-order valence-corrected chi connectivity index (χ4v) is 7.11. The van der Waals surface area contributed by atoms with Crippen LogP contribution in [0, 0.1) is 17.8 Å². The number of rotatable bonds is 8. The monoisotopic (exact) mass is 404 g/mol. The molecule has 2 saturated heterocycles. The van der Waals surface area contributed by atoms with Gasteiger partial charge in [0, 0.05) is 24.2 Å². The molecule has 2 aliphatic heterocycles. The summed E-state index contributed by atoms with van der Waals surface area (Å²) in [6.45, 7) is 7.83. The summed E-state index contributed by atoms with van der Waals surface area (Å²) in [5.74, 6) is 2.89. The van der Waals surface area contributed by atoms with Crippen LogP contribution < -0.4 is 10.6 Å². The lowest BCUT2D eigenvalue weighted by Crippen LogP contribution is -2.61. The summed E-state index contributed by atoms with van der Waals surface area (Å²) >= 11 is 0. The number of piperidine rings is 2. The van der Waals surface area contributed by atoms with Gasteiger partial charge in [-0.15, -0.1) is 0 Å². The fourth-order valence-electron chi connectivity index (χ4n) is 7.11. The van der Waals surface area contributed by atoms with E-state index in [1.165, 1.54) is 96.8 Å². The Morgan fingerprint density at radius 3 is 2.03 bits per heavy atom. The summed E-state index contributed by atoms with van der Waals surface area (Å²) in [5.41, 5.74) is 0. The van der Waals surface area contributed by atoms with Crippen LogP contribution in [0.1, 0.15) is 77.6 Å². The molecule has 29 heavy (non-hydrogen) atoms. The van der Waals surface area contributed by atoms with Gasteiger partial charge >= 0.3 is 0 Å². The molecule has 2 aliphatic carbocycles. The van der Waals surface area contributed by atoms with E-state index in [9.17, 15) is 0 Å². The lowest BCUT2D eigenvalue weighted by Gasteiger charge is -2.52. The Hall–Kier alpha value is -0.160. The SMILES string of the molecule is CCC1CCN(C2CC(NC)C2CCC2CCN(C3CCC(NC)C3)CC2)CC1. The Balaban J connectivity index is 1.19.